The zero-order valence-electron chi connectivity index (χ0n) is 14.2. The van der Waals surface area contributed by atoms with E-state index in [-0.39, 0.29) is 53.0 Å². The summed E-state index contributed by atoms with van der Waals surface area (Å²) < 4.78 is 0. The van der Waals surface area contributed by atoms with Crippen LogP contribution in [0.3, 0.4) is 0 Å². The SMILES string of the molecule is CCCCCCCCCCCC(=O)NCC(=O)O.[Ca+2].[H-].[H-]. The molecule has 5 heteroatoms. The van der Waals surface area contributed by atoms with E-state index in [1.807, 2.05) is 0 Å². The van der Waals surface area contributed by atoms with Gasteiger partial charge in [-0.25, -0.2) is 0 Å². The molecule has 0 aliphatic rings. The van der Waals surface area contributed by atoms with E-state index in [9.17, 15) is 9.59 Å². The minimum atomic E-state index is -0.990. The Bertz CT molecular complexity index is 244. The van der Waals surface area contributed by atoms with Gasteiger partial charge in [0.2, 0.25) is 5.91 Å². The molecule has 0 unspecified atom stereocenters. The van der Waals surface area contributed by atoms with Gasteiger partial charge < -0.3 is 13.3 Å². The molecule has 0 spiro atoms. The Morgan fingerprint density at radius 2 is 1.42 bits per heavy atom. The van der Waals surface area contributed by atoms with Gasteiger partial charge in [-0.3, -0.25) is 9.59 Å². The Labute approximate surface area is 149 Å². The first-order valence-electron chi connectivity index (χ1n) is 7.15. The Hall–Kier alpha value is 0.200. The minimum Gasteiger partial charge on any atom is -1.00 e. The van der Waals surface area contributed by atoms with Crippen LogP contribution in [-0.4, -0.2) is 61.3 Å². The molecule has 0 heterocycles. The number of amides is 1. The third-order valence-corrected chi connectivity index (χ3v) is 2.94. The minimum absolute atomic E-state index is 0. The van der Waals surface area contributed by atoms with Gasteiger partial charge in [0.1, 0.15) is 6.54 Å². The number of carboxylic acids is 1. The zero-order chi connectivity index (χ0) is 13.6. The maximum absolute atomic E-state index is 11.2. The van der Waals surface area contributed by atoms with Crippen molar-refractivity contribution in [3.8, 4) is 0 Å². The van der Waals surface area contributed by atoms with E-state index in [0.717, 1.165) is 12.8 Å². The van der Waals surface area contributed by atoms with Gasteiger partial charge in [-0.2, -0.15) is 0 Å². The number of rotatable bonds is 12. The molecule has 0 aliphatic heterocycles. The van der Waals surface area contributed by atoms with Gasteiger partial charge in [0.15, 0.2) is 0 Å². The molecule has 0 saturated heterocycles. The van der Waals surface area contributed by atoms with Crippen LogP contribution in [0.15, 0.2) is 0 Å². The predicted octanol–water partition coefficient (Wildman–Crippen LogP) is 2.95. The molecule has 2 N–H and O–H groups in total. The van der Waals surface area contributed by atoms with Crippen molar-refractivity contribution >= 4 is 49.6 Å². The van der Waals surface area contributed by atoms with Gasteiger partial charge >= 0.3 is 43.7 Å². The van der Waals surface area contributed by atoms with Gasteiger partial charge in [-0.1, -0.05) is 58.3 Å². The number of hydrogen-bond donors (Lipinski definition) is 2. The van der Waals surface area contributed by atoms with Gasteiger partial charge in [0, 0.05) is 6.42 Å². The molecule has 0 aromatic heterocycles. The number of aliphatic carboxylic acids is 1. The van der Waals surface area contributed by atoms with Crippen LogP contribution < -0.4 is 5.32 Å². The molecule has 0 bridgehead atoms. The van der Waals surface area contributed by atoms with Crippen LogP contribution in [0.1, 0.15) is 74.0 Å². The first-order valence-corrected chi connectivity index (χ1v) is 7.15. The molecule has 0 atom stereocenters. The maximum Gasteiger partial charge on any atom is 2.00 e. The molecule has 0 aliphatic carbocycles. The zero-order valence-corrected chi connectivity index (χ0v) is 14.5. The van der Waals surface area contributed by atoms with Gasteiger partial charge in [-0.15, -0.1) is 0 Å². The summed E-state index contributed by atoms with van der Waals surface area (Å²) in [6.45, 7) is 1.95. The molecule has 19 heavy (non-hydrogen) atoms. The first kappa shape index (κ1) is 21.5. The van der Waals surface area contributed by atoms with E-state index in [0.29, 0.717) is 6.42 Å². The summed E-state index contributed by atoms with van der Waals surface area (Å²) in [5.41, 5.74) is 0. The molecule has 110 valence electrons. The Kier molecular flexibility index (Phi) is 18.4. The second kappa shape index (κ2) is 16.3. The average molecular weight is 299 g/mol. The largest absolute Gasteiger partial charge is 2.00 e. The Morgan fingerprint density at radius 1 is 0.947 bits per heavy atom. The second-order valence-corrected chi connectivity index (χ2v) is 4.75. The summed E-state index contributed by atoms with van der Waals surface area (Å²) >= 11 is 0. The van der Waals surface area contributed by atoms with Crippen LogP contribution in [0, 0.1) is 0 Å². The van der Waals surface area contributed by atoms with E-state index in [1.54, 1.807) is 0 Å². The third-order valence-electron chi connectivity index (χ3n) is 2.94. The van der Waals surface area contributed by atoms with Crippen molar-refractivity contribution in [3.05, 3.63) is 0 Å². The number of hydrogen-bond acceptors (Lipinski definition) is 2. The quantitative estimate of drug-likeness (QED) is 0.430. The van der Waals surface area contributed by atoms with Crippen molar-refractivity contribution in [2.24, 2.45) is 0 Å². The Balaban J connectivity index is -0.000000482. The van der Waals surface area contributed by atoms with Crippen molar-refractivity contribution in [1.29, 1.82) is 0 Å². The number of unbranched alkanes of at least 4 members (excludes halogenated alkanes) is 8. The van der Waals surface area contributed by atoms with Crippen LogP contribution in [0.5, 0.6) is 0 Å². The predicted molar refractivity (Wildman–Crippen MR) is 80.5 cm³/mol. The molecule has 0 radical (unpaired) electrons. The van der Waals surface area contributed by atoms with Crippen molar-refractivity contribution in [1.82, 2.24) is 5.32 Å². The van der Waals surface area contributed by atoms with E-state index >= 15 is 0 Å². The van der Waals surface area contributed by atoms with Crippen molar-refractivity contribution in [2.45, 2.75) is 71.1 Å². The fraction of sp³-hybridized carbons (Fsp3) is 0.857. The van der Waals surface area contributed by atoms with Gasteiger partial charge in [0.25, 0.3) is 0 Å². The maximum atomic E-state index is 11.2. The molecule has 4 nitrogen and oxygen atoms in total. The molecule has 0 aromatic rings. The van der Waals surface area contributed by atoms with Crippen LogP contribution in [-0.2, 0) is 9.59 Å². The van der Waals surface area contributed by atoms with Gasteiger partial charge in [0.05, 0.1) is 0 Å². The molecular formula is C14H29CaNO3. The topological polar surface area (TPSA) is 66.4 Å². The van der Waals surface area contributed by atoms with E-state index in [4.69, 9.17) is 5.11 Å². The molecule has 0 rings (SSSR count). The van der Waals surface area contributed by atoms with Crippen molar-refractivity contribution < 1.29 is 17.5 Å². The summed E-state index contributed by atoms with van der Waals surface area (Å²) in [5, 5.41) is 10.7. The smallest absolute Gasteiger partial charge is 1.00 e. The molecule has 0 aromatic carbocycles. The van der Waals surface area contributed by atoms with E-state index in [1.165, 1.54) is 44.9 Å². The fourth-order valence-electron chi connectivity index (χ4n) is 1.86. The molecule has 0 saturated carbocycles. The number of carbonyl (C=O) groups excluding carboxylic acids is 1. The molecule has 0 fully saturated rings. The van der Waals surface area contributed by atoms with E-state index < -0.39 is 5.97 Å². The summed E-state index contributed by atoms with van der Waals surface area (Å²) in [6.07, 6.45) is 11.4. The summed E-state index contributed by atoms with van der Waals surface area (Å²) in [6, 6.07) is 0. The molecular weight excluding hydrogens is 270 g/mol. The first-order chi connectivity index (χ1) is 8.66. The Morgan fingerprint density at radius 3 is 1.89 bits per heavy atom. The number of nitrogens with one attached hydrogen (secondary N) is 1. The standard InChI is InChI=1S/C14H27NO3.Ca.2H/c1-2-3-4-5-6-7-8-9-10-11-13(16)15-12-14(17)18;;;/h2-12H2,1H3,(H,15,16)(H,17,18);;;/q;+2;2*-1. The van der Waals surface area contributed by atoms with Gasteiger partial charge in [-0.05, 0) is 6.42 Å². The van der Waals surface area contributed by atoms with Crippen molar-refractivity contribution in [2.75, 3.05) is 6.54 Å². The fourth-order valence-corrected chi connectivity index (χ4v) is 1.86. The third kappa shape index (κ3) is 18.2. The number of carbonyl (C=O) groups is 2. The number of carboxylic acid groups (broad SMARTS) is 1. The normalized spacial score (nSPS) is 9.74. The summed E-state index contributed by atoms with van der Waals surface area (Å²) in [5.74, 6) is -1.14. The summed E-state index contributed by atoms with van der Waals surface area (Å²) in [4.78, 5) is 21.4. The summed E-state index contributed by atoms with van der Waals surface area (Å²) in [7, 11) is 0. The van der Waals surface area contributed by atoms with Crippen LogP contribution in [0.2, 0.25) is 0 Å². The molecule has 1 amide bonds. The van der Waals surface area contributed by atoms with Crippen LogP contribution in [0.4, 0.5) is 0 Å². The van der Waals surface area contributed by atoms with Crippen molar-refractivity contribution in [3.63, 3.8) is 0 Å². The monoisotopic (exact) mass is 299 g/mol. The van der Waals surface area contributed by atoms with Crippen LogP contribution >= 0.6 is 0 Å². The second-order valence-electron chi connectivity index (χ2n) is 4.75. The average Bonchev–Trinajstić information content (AvgIpc) is 2.34. The van der Waals surface area contributed by atoms with E-state index in [2.05, 4.69) is 12.2 Å². The van der Waals surface area contributed by atoms with Crippen LogP contribution in [0.25, 0.3) is 0 Å².